The highest BCUT2D eigenvalue weighted by Gasteiger charge is 2.44. The van der Waals surface area contributed by atoms with Crippen molar-refractivity contribution in [2.45, 2.75) is 43.6 Å². The number of rotatable bonds is 6. The Bertz CT molecular complexity index is 1030. The van der Waals surface area contributed by atoms with E-state index >= 15 is 0 Å². The molecule has 8 nitrogen and oxygen atoms in total. The molecule has 31 heavy (non-hydrogen) atoms. The van der Waals surface area contributed by atoms with E-state index in [0.29, 0.717) is 0 Å². The fraction of sp³-hybridized carbons (Fsp3) is 0.350. The minimum absolute atomic E-state index is 0.0753. The lowest BCUT2D eigenvalue weighted by Gasteiger charge is -2.40. The molecule has 0 aliphatic carbocycles. The van der Waals surface area contributed by atoms with E-state index in [4.69, 9.17) is 14.7 Å². The number of ether oxygens (including phenoxy) is 2. The second-order valence-electron chi connectivity index (χ2n) is 7.19. The molecule has 0 radical (unpaired) electrons. The van der Waals surface area contributed by atoms with Crippen LogP contribution in [0.2, 0.25) is 0 Å². The van der Waals surface area contributed by atoms with Gasteiger partial charge in [-0.25, -0.2) is 22.7 Å². The standard InChI is InChI=1S/C20H22F2N2O6S/c1-12-10-24(19(13(2)30-12)20(25)23-26)31(27,28)18-5-3-17(4-6-18)29-11-14-7-15(21)9-16(22)8-14/h3-9,12-13,19,26H,10-11H2,1-2H3,(H,23,25)/t12-,13?,19+/m0/s1. The molecule has 1 amide bonds. The maximum atomic E-state index is 13.3. The largest absolute Gasteiger partial charge is 0.489 e. The van der Waals surface area contributed by atoms with Crippen LogP contribution >= 0.6 is 0 Å². The predicted octanol–water partition coefficient (Wildman–Crippen LogP) is 2.22. The quantitative estimate of drug-likeness (QED) is 0.510. The molecule has 1 saturated heterocycles. The van der Waals surface area contributed by atoms with Crippen molar-refractivity contribution in [1.82, 2.24) is 9.79 Å². The number of hydrogen-bond acceptors (Lipinski definition) is 6. The monoisotopic (exact) mass is 456 g/mol. The Balaban J connectivity index is 1.78. The zero-order valence-electron chi connectivity index (χ0n) is 16.8. The second kappa shape index (κ2) is 9.27. The number of hydrogen-bond donors (Lipinski definition) is 2. The molecule has 0 saturated carbocycles. The number of carbonyl (C=O) groups excluding carboxylic acids is 1. The first-order valence-corrected chi connectivity index (χ1v) is 10.8. The summed E-state index contributed by atoms with van der Waals surface area (Å²) in [4.78, 5) is 12.0. The van der Waals surface area contributed by atoms with E-state index in [1.165, 1.54) is 29.7 Å². The minimum atomic E-state index is -4.10. The number of amides is 1. The van der Waals surface area contributed by atoms with Gasteiger partial charge in [0.2, 0.25) is 10.0 Å². The van der Waals surface area contributed by atoms with Gasteiger partial charge in [0.1, 0.15) is 30.0 Å². The van der Waals surface area contributed by atoms with Gasteiger partial charge in [0.15, 0.2) is 0 Å². The molecular weight excluding hydrogens is 434 g/mol. The van der Waals surface area contributed by atoms with Crippen molar-refractivity contribution >= 4 is 15.9 Å². The zero-order valence-corrected chi connectivity index (χ0v) is 17.6. The van der Waals surface area contributed by atoms with Gasteiger partial charge < -0.3 is 9.47 Å². The van der Waals surface area contributed by atoms with Crippen LogP contribution in [0.15, 0.2) is 47.4 Å². The summed E-state index contributed by atoms with van der Waals surface area (Å²) in [5.41, 5.74) is 1.77. The molecular formula is C20H22F2N2O6S. The Hall–Kier alpha value is -2.60. The number of hydroxylamine groups is 1. The van der Waals surface area contributed by atoms with Gasteiger partial charge in [0.05, 0.1) is 17.1 Å². The molecule has 1 unspecified atom stereocenters. The molecule has 1 aliphatic heterocycles. The van der Waals surface area contributed by atoms with Crippen molar-refractivity contribution in [1.29, 1.82) is 0 Å². The maximum Gasteiger partial charge on any atom is 0.264 e. The number of sulfonamides is 1. The van der Waals surface area contributed by atoms with E-state index in [1.54, 1.807) is 13.8 Å². The molecule has 11 heteroatoms. The minimum Gasteiger partial charge on any atom is -0.489 e. The van der Waals surface area contributed by atoms with Crippen LogP contribution < -0.4 is 10.2 Å². The van der Waals surface area contributed by atoms with Gasteiger partial charge in [-0.1, -0.05) is 0 Å². The van der Waals surface area contributed by atoms with E-state index in [2.05, 4.69) is 0 Å². The molecule has 0 aromatic heterocycles. The summed E-state index contributed by atoms with van der Waals surface area (Å²) in [6.07, 6.45) is -1.23. The van der Waals surface area contributed by atoms with E-state index in [1.807, 2.05) is 0 Å². The number of nitrogens with one attached hydrogen (secondary N) is 1. The lowest BCUT2D eigenvalue weighted by atomic mass is 10.1. The lowest BCUT2D eigenvalue weighted by Crippen LogP contribution is -2.60. The van der Waals surface area contributed by atoms with Gasteiger partial charge in [-0.3, -0.25) is 10.0 Å². The fourth-order valence-corrected chi connectivity index (χ4v) is 5.17. The molecule has 2 aromatic rings. The topological polar surface area (TPSA) is 105 Å². The Morgan fingerprint density at radius 3 is 2.39 bits per heavy atom. The summed E-state index contributed by atoms with van der Waals surface area (Å²) in [5, 5.41) is 9.01. The van der Waals surface area contributed by atoms with Crippen molar-refractivity contribution < 1.29 is 36.7 Å². The average molecular weight is 456 g/mol. The number of nitrogens with zero attached hydrogens (tertiary/aromatic N) is 1. The summed E-state index contributed by atoms with van der Waals surface area (Å²) in [6, 6.07) is 7.18. The van der Waals surface area contributed by atoms with Crippen LogP contribution in [-0.2, 0) is 26.2 Å². The van der Waals surface area contributed by atoms with Crippen LogP contribution in [-0.4, -0.2) is 48.6 Å². The number of morpholine rings is 1. The maximum absolute atomic E-state index is 13.3. The van der Waals surface area contributed by atoms with E-state index in [-0.39, 0.29) is 29.4 Å². The summed E-state index contributed by atoms with van der Waals surface area (Å²) < 4.78 is 64.8. The van der Waals surface area contributed by atoms with Gasteiger partial charge in [-0.05, 0) is 55.8 Å². The summed E-state index contributed by atoms with van der Waals surface area (Å²) >= 11 is 0. The van der Waals surface area contributed by atoms with Crippen LogP contribution in [0.25, 0.3) is 0 Å². The van der Waals surface area contributed by atoms with Crippen LogP contribution in [0.4, 0.5) is 8.78 Å². The third-order valence-electron chi connectivity index (χ3n) is 4.78. The molecule has 0 spiro atoms. The van der Waals surface area contributed by atoms with Gasteiger partial charge in [-0.15, -0.1) is 0 Å². The average Bonchev–Trinajstić information content (AvgIpc) is 2.71. The fourth-order valence-electron chi connectivity index (χ4n) is 3.45. The number of benzene rings is 2. The molecule has 2 aromatic carbocycles. The Labute approximate surface area is 178 Å². The molecule has 3 atom stereocenters. The predicted molar refractivity (Wildman–Crippen MR) is 105 cm³/mol. The summed E-state index contributed by atoms with van der Waals surface area (Å²) in [7, 11) is -4.10. The van der Waals surface area contributed by atoms with Gasteiger partial charge in [0.25, 0.3) is 5.91 Å². The van der Waals surface area contributed by atoms with Crippen LogP contribution in [0.3, 0.4) is 0 Å². The van der Waals surface area contributed by atoms with Crippen molar-refractivity contribution in [3.8, 4) is 5.75 Å². The van der Waals surface area contributed by atoms with Gasteiger partial charge in [-0.2, -0.15) is 4.31 Å². The van der Waals surface area contributed by atoms with E-state index in [0.717, 1.165) is 22.5 Å². The van der Waals surface area contributed by atoms with Gasteiger partial charge in [0, 0.05) is 12.6 Å². The number of carbonyl (C=O) groups is 1. The first-order valence-electron chi connectivity index (χ1n) is 9.41. The van der Waals surface area contributed by atoms with Crippen LogP contribution in [0.5, 0.6) is 5.75 Å². The van der Waals surface area contributed by atoms with Crippen LogP contribution in [0, 0.1) is 11.6 Å². The summed E-state index contributed by atoms with van der Waals surface area (Å²) in [6.45, 7) is 3.04. The Kier molecular flexibility index (Phi) is 6.90. The lowest BCUT2D eigenvalue weighted by molar-refractivity contribution is -0.146. The van der Waals surface area contributed by atoms with Crippen LogP contribution in [0.1, 0.15) is 19.4 Å². The number of halogens is 2. The highest BCUT2D eigenvalue weighted by Crippen LogP contribution is 2.27. The highest BCUT2D eigenvalue weighted by molar-refractivity contribution is 7.89. The molecule has 3 rings (SSSR count). The molecule has 168 valence electrons. The molecule has 2 N–H and O–H groups in total. The third kappa shape index (κ3) is 5.18. The van der Waals surface area contributed by atoms with Gasteiger partial charge >= 0.3 is 0 Å². The third-order valence-corrected chi connectivity index (χ3v) is 6.64. The van der Waals surface area contributed by atoms with E-state index < -0.39 is 45.8 Å². The SMILES string of the molecule is CC1O[C@@H](C)CN(S(=O)(=O)c2ccc(OCc3cc(F)cc(F)c3)cc2)[C@H]1C(=O)NO. The molecule has 1 heterocycles. The molecule has 0 bridgehead atoms. The molecule has 1 fully saturated rings. The van der Waals surface area contributed by atoms with Crippen molar-refractivity contribution in [3.05, 3.63) is 59.7 Å². The van der Waals surface area contributed by atoms with E-state index in [9.17, 15) is 22.0 Å². The second-order valence-corrected chi connectivity index (χ2v) is 9.08. The first-order chi connectivity index (χ1) is 14.6. The van der Waals surface area contributed by atoms with Crippen molar-refractivity contribution in [3.63, 3.8) is 0 Å². The highest BCUT2D eigenvalue weighted by atomic mass is 32.2. The Morgan fingerprint density at radius 2 is 1.81 bits per heavy atom. The zero-order chi connectivity index (χ0) is 22.8. The molecule has 1 aliphatic rings. The van der Waals surface area contributed by atoms with Crippen molar-refractivity contribution in [2.75, 3.05) is 6.54 Å². The Morgan fingerprint density at radius 1 is 1.19 bits per heavy atom. The summed E-state index contributed by atoms with van der Waals surface area (Å²) in [5.74, 6) is -2.06. The normalized spacial score (nSPS) is 22.2. The van der Waals surface area contributed by atoms with Crippen molar-refractivity contribution in [2.24, 2.45) is 0 Å². The first kappa shape index (κ1) is 23.1. The smallest absolute Gasteiger partial charge is 0.264 e.